The molecule has 2 aliphatic heterocycles. The number of nitrogens with zero attached hydrogens (tertiary/aromatic N) is 2. The van der Waals surface area contributed by atoms with Crippen LogP contribution in [0, 0.1) is 0 Å². The van der Waals surface area contributed by atoms with Crippen molar-refractivity contribution in [2.45, 2.75) is 0 Å². The third kappa shape index (κ3) is 2.12. The molecule has 6 rings (SSSR count). The number of fused-ring (bicyclic) bond motifs is 3. The first-order valence-corrected chi connectivity index (χ1v) is 10.2. The fourth-order valence-corrected chi connectivity index (χ4v) is 5.40. The summed E-state index contributed by atoms with van der Waals surface area (Å²) in [6.07, 6.45) is 0. The minimum atomic E-state index is -0.308. The minimum absolute atomic E-state index is 0.308. The van der Waals surface area contributed by atoms with Crippen molar-refractivity contribution in [2.24, 2.45) is 0 Å². The van der Waals surface area contributed by atoms with Gasteiger partial charge in [0.15, 0.2) is 0 Å². The van der Waals surface area contributed by atoms with Crippen LogP contribution in [0.25, 0.3) is 31.8 Å². The zero-order valence-corrected chi connectivity index (χ0v) is 15.8. The molecule has 2 aromatic heterocycles. The predicted octanol–water partition coefficient (Wildman–Crippen LogP) is 3.29. The zero-order valence-electron chi connectivity index (χ0n) is 14.1. The van der Waals surface area contributed by atoms with Crippen molar-refractivity contribution in [1.82, 2.24) is 20.6 Å². The first kappa shape index (κ1) is 15.7. The largest absolute Gasteiger partial charge is 0.319 e. The molecule has 0 atom stereocenters. The van der Waals surface area contributed by atoms with E-state index in [9.17, 15) is 9.59 Å². The molecular formula is C20H10N4O2S2. The van der Waals surface area contributed by atoms with Crippen molar-refractivity contribution in [1.29, 1.82) is 0 Å². The lowest BCUT2D eigenvalue weighted by atomic mass is 10.1. The molecular weight excluding hydrogens is 392 g/mol. The summed E-state index contributed by atoms with van der Waals surface area (Å²) >= 11 is 2.90. The Hall–Kier alpha value is -3.36. The lowest BCUT2D eigenvalue weighted by Gasteiger charge is -2.02. The fraction of sp³-hybridized carbons (Fsp3) is 0. The van der Waals surface area contributed by atoms with Gasteiger partial charge in [0.25, 0.3) is 11.8 Å². The van der Waals surface area contributed by atoms with E-state index in [0.29, 0.717) is 32.6 Å². The molecule has 0 fully saturated rings. The first-order valence-electron chi connectivity index (χ1n) is 8.52. The summed E-state index contributed by atoms with van der Waals surface area (Å²) in [7, 11) is 0. The van der Waals surface area contributed by atoms with Gasteiger partial charge in [0.2, 0.25) is 0 Å². The minimum Gasteiger partial charge on any atom is -0.319 e. The van der Waals surface area contributed by atoms with E-state index in [2.05, 4.69) is 20.6 Å². The van der Waals surface area contributed by atoms with Crippen LogP contribution in [0.1, 0.15) is 10.0 Å². The van der Waals surface area contributed by atoms with E-state index in [0.717, 1.165) is 20.4 Å². The van der Waals surface area contributed by atoms with E-state index in [4.69, 9.17) is 0 Å². The molecule has 134 valence electrons. The molecule has 8 heteroatoms. The molecule has 0 aliphatic carbocycles. The molecule has 2 N–H and O–H groups in total. The number of para-hydroxylation sites is 2. The molecule has 2 aromatic carbocycles. The SMILES string of the molecule is O=C1NC(c2nc3ccccc3s2)=C2C(=O)NC(c3nc4ccccc4s3)=C12. The topological polar surface area (TPSA) is 84.0 Å². The molecule has 4 aromatic rings. The monoisotopic (exact) mass is 402 g/mol. The number of benzene rings is 2. The number of nitrogens with one attached hydrogen (secondary N) is 2. The van der Waals surface area contributed by atoms with E-state index < -0.39 is 0 Å². The number of amides is 2. The summed E-state index contributed by atoms with van der Waals surface area (Å²) in [5, 5.41) is 6.94. The van der Waals surface area contributed by atoms with Crippen LogP contribution in [0.3, 0.4) is 0 Å². The van der Waals surface area contributed by atoms with Gasteiger partial charge < -0.3 is 10.6 Å². The van der Waals surface area contributed by atoms with Crippen LogP contribution in [-0.2, 0) is 9.59 Å². The normalized spacial score (nSPS) is 16.3. The summed E-state index contributed by atoms with van der Waals surface area (Å²) in [5.41, 5.74) is 3.31. The maximum Gasteiger partial charge on any atom is 0.258 e. The smallest absolute Gasteiger partial charge is 0.258 e. The highest BCUT2D eigenvalue weighted by Crippen LogP contribution is 2.40. The third-order valence-electron chi connectivity index (χ3n) is 4.70. The fourth-order valence-electron chi connectivity index (χ4n) is 3.46. The number of aromatic nitrogens is 2. The van der Waals surface area contributed by atoms with Gasteiger partial charge in [-0.2, -0.15) is 0 Å². The molecule has 0 spiro atoms. The van der Waals surface area contributed by atoms with Crippen LogP contribution >= 0.6 is 22.7 Å². The van der Waals surface area contributed by atoms with Gasteiger partial charge in [0.05, 0.1) is 43.0 Å². The number of carbonyl (C=O) groups excluding carboxylic acids is 2. The average Bonchev–Trinajstić information content (AvgIpc) is 3.44. The predicted molar refractivity (Wildman–Crippen MR) is 109 cm³/mol. The Morgan fingerprint density at radius 3 is 1.50 bits per heavy atom. The highest BCUT2D eigenvalue weighted by molar-refractivity contribution is 7.20. The molecule has 0 radical (unpaired) electrons. The number of rotatable bonds is 2. The van der Waals surface area contributed by atoms with Crippen molar-refractivity contribution >= 4 is 66.3 Å². The van der Waals surface area contributed by atoms with E-state index in [1.807, 2.05) is 48.5 Å². The summed E-state index contributed by atoms with van der Waals surface area (Å²) in [6.45, 7) is 0. The van der Waals surface area contributed by atoms with Crippen LogP contribution in [-0.4, -0.2) is 21.8 Å². The average molecular weight is 402 g/mol. The number of thiazole rings is 2. The van der Waals surface area contributed by atoms with Gasteiger partial charge in [-0.1, -0.05) is 24.3 Å². The quantitative estimate of drug-likeness (QED) is 0.539. The van der Waals surface area contributed by atoms with Crippen LogP contribution in [0.4, 0.5) is 0 Å². The van der Waals surface area contributed by atoms with E-state index >= 15 is 0 Å². The maximum absolute atomic E-state index is 12.7. The second-order valence-corrected chi connectivity index (χ2v) is 8.44. The van der Waals surface area contributed by atoms with E-state index in [1.165, 1.54) is 22.7 Å². The number of carbonyl (C=O) groups is 2. The molecule has 4 heterocycles. The second-order valence-electron chi connectivity index (χ2n) is 6.38. The Bertz CT molecular complexity index is 1240. The Morgan fingerprint density at radius 1 is 0.643 bits per heavy atom. The van der Waals surface area contributed by atoms with Gasteiger partial charge in [0.1, 0.15) is 10.0 Å². The second kappa shape index (κ2) is 5.57. The van der Waals surface area contributed by atoms with Crippen LogP contribution < -0.4 is 10.6 Å². The van der Waals surface area contributed by atoms with Gasteiger partial charge >= 0.3 is 0 Å². The van der Waals surface area contributed by atoms with Crippen LogP contribution in [0.2, 0.25) is 0 Å². The van der Waals surface area contributed by atoms with Crippen molar-refractivity contribution in [3.63, 3.8) is 0 Å². The molecule has 2 aliphatic rings. The van der Waals surface area contributed by atoms with Gasteiger partial charge in [-0.15, -0.1) is 22.7 Å². The molecule has 6 nitrogen and oxygen atoms in total. The summed E-state index contributed by atoms with van der Waals surface area (Å²) < 4.78 is 2.00. The van der Waals surface area contributed by atoms with Crippen LogP contribution in [0.15, 0.2) is 59.7 Å². The molecule has 28 heavy (non-hydrogen) atoms. The van der Waals surface area contributed by atoms with Gasteiger partial charge in [0, 0.05) is 0 Å². The molecule has 0 saturated heterocycles. The maximum atomic E-state index is 12.7. The zero-order chi connectivity index (χ0) is 18.8. The van der Waals surface area contributed by atoms with Gasteiger partial charge in [-0.25, -0.2) is 9.97 Å². The van der Waals surface area contributed by atoms with Crippen molar-refractivity contribution in [2.75, 3.05) is 0 Å². The third-order valence-corrected chi connectivity index (χ3v) is 6.80. The standard InChI is InChI=1S/C20H10N4O2S2/c25-17-13-14(16(24-17)20-22-10-6-2-4-8-12(10)28-20)18(26)23-15(13)19-21-9-5-1-3-7-11(9)27-19/h1-8H,(H,23,26)(H,24,25). The van der Waals surface area contributed by atoms with Crippen molar-refractivity contribution in [3.8, 4) is 0 Å². The summed E-state index contributed by atoms with van der Waals surface area (Å²) in [6, 6.07) is 15.5. The Balaban J connectivity index is 1.56. The highest BCUT2D eigenvalue weighted by atomic mass is 32.1. The number of hydrogen-bond donors (Lipinski definition) is 2. The van der Waals surface area contributed by atoms with Crippen LogP contribution in [0.5, 0.6) is 0 Å². The lowest BCUT2D eigenvalue weighted by molar-refractivity contribution is -0.117. The van der Waals surface area contributed by atoms with Crippen molar-refractivity contribution < 1.29 is 9.59 Å². The van der Waals surface area contributed by atoms with E-state index in [-0.39, 0.29) is 11.8 Å². The summed E-state index contributed by atoms with van der Waals surface area (Å²) in [4.78, 5) is 34.7. The Kier molecular flexibility index (Phi) is 3.12. The van der Waals surface area contributed by atoms with Gasteiger partial charge in [-0.3, -0.25) is 9.59 Å². The van der Waals surface area contributed by atoms with Crippen molar-refractivity contribution in [3.05, 3.63) is 69.7 Å². The Labute approximate surface area is 166 Å². The van der Waals surface area contributed by atoms with E-state index in [1.54, 1.807) is 0 Å². The Morgan fingerprint density at radius 2 is 1.07 bits per heavy atom. The lowest BCUT2D eigenvalue weighted by Crippen LogP contribution is -2.21. The summed E-state index contributed by atoms with van der Waals surface area (Å²) in [5.74, 6) is -0.617. The molecule has 0 saturated carbocycles. The highest BCUT2D eigenvalue weighted by Gasteiger charge is 2.42. The number of hydrogen-bond acceptors (Lipinski definition) is 6. The molecule has 2 amide bonds. The van der Waals surface area contributed by atoms with Gasteiger partial charge in [-0.05, 0) is 24.3 Å². The first-order chi connectivity index (χ1) is 13.7. The molecule has 0 unspecified atom stereocenters. The molecule has 0 bridgehead atoms.